The smallest absolute Gasteiger partial charge is 0.254 e. The fraction of sp³-hybridized carbons (Fsp3) is 0.214. The van der Waals surface area contributed by atoms with Gasteiger partial charge in [0.15, 0.2) is 5.65 Å². The van der Waals surface area contributed by atoms with E-state index < -0.39 is 0 Å². The zero-order chi connectivity index (χ0) is 15.7. The Morgan fingerprint density at radius 2 is 2.14 bits per heavy atom. The summed E-state index contributed by atoms with van der Waals surface area (Å²) in [5.74, 6) is 0.227. The van der Waals surface area contributed by atoms with Crippen LogP contribution >= 0.6 is 0 Å². The number of aromatic amines is 2. The summed E-state index contributed by atoms with van der Waals surface area (Å²) in [5.41, 5.74) is 1.82. The molecule has 8 heteroatoms. The predicted molar refractivity (Wildman–Crippen MR) is 80.6 cm³/mol. The summed E-state index contributed by atoms with van der Waals surface area (Å²) in [6, 6.07) is 1.76. The minimum Gasteiger partial charge on any atom is -0.324 e. The zero-order valence-electron chi connectivity index (χ0n) is 12.1. The molecular weight excluding hydrogens is 284 g/mol. The van der Waals surface area contributed by atoms with Gasteiger partial charge in [-0.1, -0.05) is 0 Å². The van der Waals surface area contributed by atoms with E-state index in [4.69, 9.17) is 0 Å². The van der Waals surface area contributed by atoms with Gasteiger partial charge in [-0.25, -0.2) is 9.97 Å². The number of hydrogen-bond acceptors (Lipinski definition) is 5. The molecule has 0 radical (unpaired) electrons. The third-order valence-electron chi connectivity index (χ3n) is 3.25. The third kappa shape index (κ3) is 2.71. The van der Waals surface area contributed by atoms with Crippen LogP contribution in [0.15, 0.2) is 23.3 Å². The summed E-state index contributed by atoms with van der Waals surface area (Å²) in [6.07, 6.45) is 3.11. The van der Waals surface area contributed by atoms with Crippen LogP contribution < -0.4 is 10.9 Å². The van der Waals surface area contributed by atoms with Gasteiger partial charge in [-0.05, 0) is 19.9 Å². The number of pyridine rings is 1. The van der Waals surface area contributed by atoms with Crippen LogP contribution in [0.4, 0.5) is 5.69 Å². The van der Waals surface area contributed by atoms with Crippen molar-refractivity contribution in [2.24, 2.45) is 0 Å². The first kappa shape index (κ1) is 13.9. The highest BCUT2D eigenvalue weighted by atomic mass is 16.2. The van der Waals surface area contributed by atoms with Crippen molar-refractivity contribution in [2.45, 2.75) is 20.3 Å². The van der Waals surface area contributed by atoms with E-state index in [1.807, 2.05) is 0 Å². The van der Waals surface area contributed by atoms with Crippen LogP contribution in [0.5, 0.6) is 0 Å². The van der Waals surface area contributed by atoms with Crippen molar-refractivity contribution in [3.05, 3.63) is 45.9 Å². The minimum absolute atomic E-state index is 0.0438. The maximum Gasteiger partial charge on any atom is 0.254 e. The highest BCUT2D eigenvalue weighted by molar-refractivity contribution is 5.93. The second-order valence-electron chi connectivity index (χ2n) is 4.97. The fourth-order valence-electron chi connectivity index (χ4n) is 2.23. The number of aromatic nitrogens is 5. The molecule has 0 fully saturated rings. The average molecular weight is 298 g/mol. The second-order valence-corrected chi connectivity index (χ2v) is 4.97. The molecule has 0 saturated heterocycles. The normalized spacial score (nSPS) is 10.8. The van der Waals surface area contributed by atoms with Gasteiger partial charge in [0.25, 0.3) is 5.56 Å². The molecule has 8 nitrogen and oxygen atoms in total. The molecule has 0 spiro atoms. The molecule has 0 aliphatic rings. The maximum atomic E-state index is 12.1. The van der Waals surface area contributed by atoms with Crippen molar-refractivity contribution < 1.29 is 4.79 Å². The molecule has 0 atom stereocenters. The Hall–Kier alpha value is -3.03. The van der Waals surface area contributed by atoms with E-state index >= 15 is 0 Å². The van der Waals surface area contributed by atoms with Gasteiger partial charge in [0.05, 0.1) is 24.5 Å². The first-order chi connectivity index (χ1) is 10.5. The lowest BCUT2D eigenvalue weighted by Crippen LogP contribution is -2.24. The molecule has 112 valence electrons. The van der Waals surface area contributed by atoms with Crippen molar-refractivity contribution in [3.63, 3.8) is 0 Å². The molecule has 3 rings (SSSR count). The van der Waals surface area contributed by atoms with Gasteiger partial charge in [-0.15, -0.1) is 0 Å². The van der Waals surface area contributed by atoms with Gasteiger partial charge in [0.1, 0.15) is 5.82 Å². The number of carbonyl (C=O) groups is 1. The Labute approximate surface area is 125 Å². The monoisotopic (exact) mass is 298 g/mol. The number of nitrogens with one attached hydrogen (secondary N) is 3. The largest absolute Gasteiger partial charge is 0.324 e. The molecular formula is C14H14N6O2. The van der Waals surface area contributed by atoms with Crippen LogP contribution in [0, 0.1) is 13.8 Å². The topological polar surface area (TPSA) is 116 Å². The molecule has 0 aliphatic carbocycles. The standard InChI is InChI=1S/C14H14N6O2/c1-7-11(14(22)18-8(2)17-7)4-12(21)19-10-3-9-5-16-20-13(9)15-6-10/h3,5-6H,4H2,1-2H3,(H,19,21)(H,15,16,20)(H,17,18,22). The fourth-order valence-corrected chi connectivity index (χ4v) is 2.23. The van der Waals surface area contributed by atoms with Crippen molar-refractivity contribution in [1.29, 1.82) is 0 Å². The van der Waals surface area contributed by atoms with Crippen LogP contribution in [0.1, 0.15) is 17.1 Å². The zero-order valence-corrected chi connectivity index (χ0v) is 12.1. The lowest BCUT2D eigenvalue weighted by molar-refractivity contribution is -0.115. The number of hydrogen-bond donors (Lipinski definition) is 3. The Bertz CT molecular complexity index is 911. The van der Waals surface area contributed by atoms with Crippen molar-refractivity contribution >= 4 is 22.6 Å². The van der Waals surface area contributed by atoms with E-state index in [0.717, 1.165) is 5.39 Å². The number of nitrogens with zero attached hydrogens (tertiary/aromatic N) is 3. The molecule has 3 heterocycles. The minimum atomic E-state index is -0.302. The third-order valence-corrected chi connectivity index (χ3v) is 3.25. The van der Waals surface area contributed by atoms with Gasteiger partial charge in [0.2, 0.25) is 5.91 Å². The van der Waals surface area contributed by atoms with Gasteiger partial charge in [-0.2, -0.15) is 5.10 Å². The average Bonchev–Trinajstić information content (AvgIpc) is 2.90. The molecule has 22 heavy (non-hydrogen) atoms. The molecule has 0 saturated carbocycles. The quantitative estimate of drug-likeness (QED) is 0.662. The van der Waals surface area contributed by atoms with Crippen LogP contribution in [-0.2, 0) is 11.2 Å². The number of anilines is 1. The molecule has 3 aromatic rings. The second kappa shape index (κ2) is 5.40. The Morgan fingerprint density at radius 1 is 1.32 bits per heavy atom. The highest BCUT2D eigenvalue weighted by Gasteiger charge is 2.12. The number of aryl methyl sites for hydroxylation is 2. The van der Waals surface area contributed by atoms with Crippen LogP contribution in [0.3, 0.4) is 0 Å². The number of carbonyl (C=O) groups excluding carboxylic acids is 1. The van der Waals surface area contributed by atoms with Crippen LogP contribution in [0.25, 0.3) is 11.0 Å². The number of amides is 1. The van der Waals surface area contributed by atoms with Gasteiger partial charge >= 0.3 is 0 Å². The first-order valence-corrected chi connectivity index (χ1v) is 6.68. The molecule has 3 aromatic heterocycles. The lowest BCUT2D eigenvalue weighted by atomic mass is 10.1. The summed E-state index contributed by atoms with van der Waals surface area (Å²) < 4.78 is 0. The van der Waals surface area contributed by atoms with Crippen LogP contribution in [-0.4, -0.2) is 31.1 Å². The molecule has 0 unspecified atom stereocenters. The lowest BCUT2D eigenvalue weighted by Gasteiger charge is -2.07. The van der Waals surface area contributed by atoms with Gasteiger partial charge in [-0.3, -0.25) is 14.7 Å². The molecule has 1 amide bonds. The van der Waals surface area contributed by atoms with E-state index in [2.05, 4.69) is 30.5 Å². The summed E-state index contributed by atoms with van der Waals surface area (Å²) in [6.45, 7) is 3.41. The van der Waals surface area contributed by atoms with Gasteiger partial charge in [0, 0.05) is 16.6 Å². The first-order valence-electron chi connectivity index (χ1n) is 6.68. The highest BCUT2D eigenvalue weighted by Crippen LogP contribution is 2.14. The van der Waals surface area contributed by atoms with Crippen molar-refractivity contribution in [3.8, 4) is 0 Å². The van der Waals surface area contributed by atoms with Gasteiger partial charge < -0.3 is 10.3 Å². The van der Waals surface area contributed by atoms with E-state index in [1.54, 1.807) is 26.1 Å². The summed E-state index contributed by atoms with van der Waals surface area (Å²) in [4.78, 5) is 34.9. The molecule has 0 aromatic carbocycles. The number of rotatable bonds is 3. The predicted octanol–water partition coefficient (Wildman–Crippen LogP) is 0.839. The van der Waals surface area contributed by atoms with Crippen molar-refractivity contribution in [2.75, 3.05) is 5.32 Å². The SMILES string of the molecule is Cc1nc(C)c(CC(=O)Nc2cnc3[nH]ncc3c2)c(=O)[nH]1. The molecule has 0 bridgehead atoms. The Morgan fingerprint density at radius 3 is 2.91 bits per heavy atom. The van der Waals surface area contributed by atoms with Crippen LogP contribution in [0.2, 0.25) is 0 Å². The number of H-pyrrole nitrogens is 2. The number of fused-ring (bicyclic) bond motifs is 1. The van der Waals surface area contributed by atoms with E-state index in [-0.39, 0.29) is 17.9 Å². The Kier molecular flexibility index (Phi) is 3.42. The van der Waals surface area contributed by atoms with E-state index in [9.17, 15) is 9.59 Å². The van der Waals surface area contributed by atoms with E-state index in [0.29, 0.717) is 28.4 Å². The summed E-state index contributed by atoms with van der Waals surface area (Å²) in [7, 11) is 0. The van der Waals surface area contributed by atoms with E-state index in [1.165, 1.54) is 6.20 Å². The Balaban J connectivity index is 1.79. The summed E-state index contributed by atoms with van der Waals surface area (Å²) in [5, 5.41) is 10.1. The molecule has 0 aliphatic heterocycles. The molecule has 3 N–H and O–H groups in total. The van der Waals surface area contributed by atoms with Crippen molar-refractivity contribution in [1.82, 2.24) is 25.1 Å². The summed E-state index contributed by atoms with van der Waals surface area (Å²) >= 11 is 0. The maximum absolute atomic E-state index is 12.1.